The Morgan fingerprint density at radius 3 is 2.36 bits per heavy atom. The molecule has 1 N–H and O–H groups in total. The van der Waals surface area contributed by atoms with Crippen molar-refractivity contribution in [2.24, 2.45) is 11.8 Å². The third-order valence-electron chi connectivity index (χ3n) is 5.24. The number of nitrogens with one attached hydrogen (secondary N) is 1. The van der Waals surface area contributed by atoms with E-state index in [2.05, 4.69) is 30.1 Å². The van der Waals surface area contributed by atoms with Crippen LogP contribution < -0.4 is 5.32 Å². The largest absolute Gasteiger partial charge is 0.348 e. The fourth-order valence-electron chi connectivity index (χ4n) is 4.14. The van der Waals surface area contributed by atoms with Crippen molar-refractivity contribution in [3.63, 3.8) is 0 Å². The van der Waals surface area contributed by atoms with Gasteiger partial charge in [0.25, 0.3) is 11.6 Å². The predicted molar refractivity (Wildman–Crippen MR) is 109 cm³/mol. The lowest BCUT2D eigenvalue weighted by Crippen LogP contribution is -2.38. The van der Waals surface area contributed by atoms with Gasteiger partial charge >= 0.3 is 0 Å². The molecule has 2 unspecified atom stereocenters. The summed E-state index contributed by atoms with van der Waals surface area (Å²) in [6.45, 7) is 7.96. The number of nitro groups is 1. The zero-order chi connectivity index (χ0) is 20.1. The van der Waals surface area contributed by atoms with Crippen molar-refractivity contribution < 1.29 is 9.72 Å². The van der Waals surface area contributed by atoms with Gasteiger partial charge in [-0.25, -0.2) is 0 Å². The van der Waals surface area contributed by atoms with Crippen LogP contribution in [0.1, 0.15) is 41.8 Å². The number of nitro benzene ring substituents is 1. The fraction of sp³-hybridized carbons (Fsp3) is 0.409. The van der Waals surface area contributed by atoms with Gasteiger partial charge in [-0.05, 0) is 35.4 Å². The fourth-order valence-corrected chi connectivity index (χ4v) is 4.14. The average molecular weight is 381 g/mol. The van der Waals surface area contributed by atoms with Crippen molar-refractivity contribution in [1.29, 1.82) is 0 Å². The molecule has 1 fully saturated rings. The lowest BCUT2D eigenvalue weighted by atomic mass is 9.91. The van der Waals surface area contributed by atoms with E-state index in [1.54, 1.807) is 12.1 Å². The number of likely N-dealkylation sites (tertiary alicyclic amines) is 1. The second kappa shape index (κ2) is 8.97. The normalized spacial score (nSPS) is 19.9. The quantitative estimate of drug-likeness (QED) is 0.606. The molecule has 1 heterocycles. The highest BCUT2D eigenvalue weighted by molar-refractivity contribution is 5.98. The van der Waals surface area contributed by atoms with E-state index in [4.69, 9.17) is 0 Å². The molecule has 1 aliphatic heterocycles. The molecule has 0 spiro atoms. The highest BCUT2D eigenvalue weighted by Gasteiger charge is 2.23. The Kier molecular flexibility index (Phi) is 6.41. The standard InChI is InChI=1S/C22H27N3O3/c1-16-11-17(2)14-24(13-16)15-19-8-4-3-7-18(19)12-23-22(26)20-9-5-6-10-21(20)25(27)28/h3-10,16-17H,11-15H2,1-2H3,(H,23,26). The van der Waals surface area contributed by atoms with E-state index in [-0.39, 0.29) is 11.3 Å². The van der Waals surface area contributed by atoms with Crippen LogP contribution in [0.5, 0.6) is 0 Å². The summed E-state index contributed by atoms with van der Waals surface area (Å²) in [6, 6.07) is 14.1. The molecular formula is C22H27N3O3. The zero-order valence-electron chi connectivity index (χ0n) is 16.4. The Morgan fingerprint density at radius 1 is 1.07 bits per heavy atom. The first-order chi connectivity index (χ1) is 13.4. The van der Waals surface area contributed by atoms with Crippen LogP contribution in [0.15, 0.2) is 48.5 Å². The van der Waals surface area contributed by atoms with Gasteiger partial charge in [-0.3, -0.25) is 19.8 Å². The molecule has 2 aromatic rings. The lowest BCUT2D eigenvalue weighted by molar-refractivity contribution is -0.385. The minimum Gasteiger partial charge on any atom is -0.348 e. The van der Waals surface area contributed by atoms with Crippen molar-refractivity contribution in [3.8, 4) is 0 Å². The lowest BCUT2D eigenvalue weighted by Gasteiger charge is -2.35. The molecule has 0 saturated carbocycles. The molecule has 3 rings (SSSR count). The molecule has 1 saturated heterocycles. The number of hydrogen-bond acceptors (Lipinski definition) is 4. The highest BCUT2D eigenvalue weighted by Crippen LogP contribution is 2.23. The molecule has 28 heavy (non-hydrogen) atoms. The summed E-state index contributed by atoms with van der Waals surface area (Å²) in [4.78, 5) is 25.6. The summed E-state index contributed by atoms with van der Waals surface area (Å²) in [7, 11) is 0. The topological polar surface area (TPSA) is 75.5 Å². The van der Waals surface area contributed by atoms with E-state index in [9.17, 15) is 14.9 Å². The van der Waals surface area contributed by atoms with Crippen LogP contribution in [0.25, 0.3) is 0 Å². The van der Waals surface area contributed by atoms with Crippen LogP contribution in [0.4, 0.5) is 5.69 Å². The van der Waals surface area contributed by atoms with E-state index in [0.29, 0.717) is 18.4 Å². The van der Waals surface area contributed by atoms with Gasteiger partial charge in [0.2, 0.25) is 0 Å². The Balaban J connectivity index is 1.69. The summed E-state index contributed by atoms with van der Waals surface area (Å²) in [6.07, 6.45) is 1.27. The second-order valence-corrected chi connectivity index (χ2v) is 7.87. The maximum atomic E-state index is 12.5. The van der Waals surface area contributed by atoms with Crippen molar-refractivity contribution >= 4 is 11.6 Å². The maximum absolute atomic E-state index is 12.5. The molecule has 1 amide bonds. The Hall–Kier alpha value is -2.73. The molecule has 6 nitrogen and oxygen atoms in total. The first-order valence-corrected chi connectivity index (χ1v) is 9.74. The SMILES string of the molecule is CC1CC(C)CN(Cc2ccccc2CNC(=O)c2ccccc2[N+](=O)[O-])C1. The molecule has 6 heteroatoms. The van der Waals surface area contributed by atoms with Gasteiger partial charge in [-0.15, -0.1) is 0 Å². The van der Waals surface area contributed by atoms with Gasteiger partial charge in [0, 0.05) is 32.2 Å². The Labute approximate surface area is 165 Å². The number of para-hydroxylation sites is 1. The number of piperidine rings is 1. The minimum atomic E-state index is -0.526. The van der Waals surface area contributed by atoms with Crippen LogP contribution in [0.2, 0.25) is 0 Å². The monoisotopic (exact) mass is 381 g/mol. The number of amides is 1. The molecule has 1 aliphatic rings. The predicted octanol–water partition coefficient (Wildman–Crippen LogP) is 4.00. The van der Waals surface area contributed by atoms with E-state index in [1.165, 1.54) is 24.1 Å². The van der Waals surface area contributed by atoms with Crippen molar-refractivity contribution in [3.05, 3.63) is 75.3 Å². The number of rotatable bonds is 6. The van der Waals surface area contributed by atoms with Gasteiger partial charge < -0.3 is 5.32 Å². The second-order valence-electron chi connectivity index (χ2n) is 7.87. The molecule has 0 aromatic heterocycles. The van der Waals surface area contributed by atoms with Gasteiger partial charge in [-0.1, -0.05) is 50.2 Å². The number of benzene rings is 2. The molecule has 0 radical (unpaired) electrons. The number of carbonyl (C=O) groups is 1. The molecule has 2 atom stereocenters. The van der Waals surface area contributed by atoms with E-state index >= 15 is 0 Å². The van der Waals surface area contributed by atoms with Gasteiger partial charge in [0.15, 0.2) is 0 Å². The molecule has 0 aliphatic carbocycles. The minimum absolute atomic E-state index is 0.0867. The average Bonchev–Trinajstić information content (AvgIpc) is 2.66. The Morgan fingerprint density at radius 2 is 1.68 bits per heavy atom. The molecular weight excluding hydrogens is 354 g/mol. The van der Waals surface area contributed by atoms with Gasteiger partial charge in [-0.2, -0.15) is 0 Å². The first kappa shape index (κ1) is 20.0. The third kappa shape index (κ3) is 4.95. The first-order valence-electron chi connectivity index (χ1n) is 9.74. The van der Waals surface area contributed by atoms with Crippen LogP contribution in [0, 0.1) is 22.0 Å². The maximum Gasteiger partial charge on any atom is 0.282 e. The van der Waals surface area contributed by atoms with E-state index in [1.807, 2.05) is 18.2 Å². The van der Waals surface area contributed by atoms with E-state index in [0.717, 1.165) is 25.2 Å². The summed E-state index contributed by atoms with van der Waals surface area (Å²) in [5.74, 6) is 0.950. The van der Waals surface area contributed by atoms with Crippen LogP contribution in [-0.4, -0.2) is 28.8 Å². The summed E-state index contributed by atoms with van der Waals surface area (Å²) >= 11 is 0. The van der Waals surface area contributed by atoms with Gasteiger partial charge in [0.05, 0.1) is 4.92 Å². The van der Waals surface area contributed by atoms with Crippen molar-refractivity contribution in [1.82, 2.24) is 10.2 Å². The van der Waals surface area contributed by atoms with Crippen LogP contribution in [-0.2, 0) is 13.1 Å². The van der Waals surface area contributed by atoms with Crippen molar-refractivity contribution in [2.45, 2.75) is 33.4 Å². The van der Waals surface area contributed by atoms with Crippen molar-refractivity contribution in [2.75, 3.05) is 13.1 Å². The van der Waals surface area contributed by atoms with E-state index < -0.39 is 10.8 Å². The molecule has 0 bridgehead atoms. The summed E-state index contributed by atoms with van der Waals surface area (Å²) in [5, 5.41) is 14.0. The zero-order valence-corrected chi connectivity index (χ0v) is 16.4. The van der Waals surface area contributed by atoms with Crippen LogP contribution >= 0.6 is 0 Å². The number of hydrogen-bond donors (Lipinski definition) is 1. The third-order valence-corrected chi connectivity index (χ3v) is 5.24. The Bertz CT molecular complexity index is 842. The number of nitrogens with zero attached hydrogens (tertiary/aromatic N) is 2. The number of carbonyl (C=O) groups excluding carboxylic acids is 1. The molecule has 2 aromatic carbocycles. The summed E-state index contributed by atoms with van der Waals surface area (Å²) < 4.78 is 0. The molecule has 148 valence electrons. The van der Waals surface area contributed by atoms with Crippen LogP contribution in [0.3, 0.4) is 0 Å². The summed E-state index contributed by atoms with van der Waals surface area (Å²) in [5.41, 5.74) is 2.14. The van der Waals surface area contributed by atoms with Gasteiger partial charge in [0.1, 0.15) is 5.56 Å². The highest BCUT2D eigenvalue weighted by atomic mass is 16.6. The smallest absolute Gasteiger partial charge is 0.282 e.